The highest BCUT2D eigenvalue weighted by Crippen LogP contribution is 2.35. The molecule has 0 amide bonds. The van der Waals surface area contributed by atoms with E-state index in [4.69, 9.17) is 7.48 Å². The number of rotatable bonds is 4. The summed E-state index contributed by atoms with van der Waals surface area (Å²) in [7, 11) is 0. The van der Waals surface area contributed by atoms with Gasteiger partial charge in [-0.15, -0.1) is 0 Å². The van der Waals surface area contributed by atoms with E-state index in [1.54, 1.807) is 0 Å². The first-order chi connectivity index (χ1) is 12.4. The van der Waals surface area contributed by atoms with Gasteiger partial charge in [-0.2, -0.15) is 4.98 Å². The molecule has 0 N–H and O–H groups in total. The SMILES string of the molecule is [2H]C([2H])(Oc1cc2n(c(=O)n1)CC(C)(C)N2C(C)C)c1cc(F)cc(F)c1. The predicted molar refractivity (Wildman–Crippen MR) is 90.9 cm³/mol. The van der Waals surface area contributed by atoms with Crippen LogP contribution in [0.1, 0.15) is 36.0 Å². The molecule has 25 heavy (non-hydrogen) atoms. The van der Waals surface area contributed by atoms with Crippen LogP contribution in [0.4, 0.5) is 14.6 Å². The number of nitrogens with zero attached hydrogens (tertiary/aromatic N) is 3. The van der Waals surface area contributed by atoms with Crippen molar-refractivity contribution in [3.8, 4) is 5.88 Å². The summed E-state index contributed by atoms with van der Waals surface area (Å²) >= 11 is 0. The highest BCUT2D eigenvalue weighted by atomic mass is 19.1. The lowest BCUT2D eigenvalue weighted by atomic mass is 10.0. The van der Waals surface area contributed by atoms with Crippen molar-refractivity contribution in [3.05, 3.63) is 51.9 Å². The van der Waals surface area contributed by atoms with Gasteiger partial charge in [0.25, 0.3) is 0 Å². The number of benzene rings is 1. The van der Waals surface area contributed by atoms with Crippen LogP contribution in [0.15, 0.2) is 29.1 Å². The molecule has 0 spiro atoms. The van der Waals surface area contributed by atoms with Crippen molar-refractivity contribution in [1.29, 1.82) is 0 Å². The number of anilines is 1. The Balaban J connectivity index is 2.01. The van der Waals surface area contributed by atoms with Crippen LogP contribution in [0.2, 0.25) is 0 Å². The molecular formula is C18H21F2N3O2. The Bertz CT molecular complexity index is 924. The fourth-order valence-electron chi connectivity index (χ4n) is 3.33. The predicted octanol–water partition coefficient (Wildman–Crippen LogP) is 3.11. The van der Waals surface area contributed by atoms with Crippen LogP contribution in [0.5, 0.6) is 5.88 Å². The first-order valence-corrected chi connectivity index (χ1v) is 7.97. The van der Waals surface area contributed by atoms with Crippen molar-refractivity contribution >= 4 is 5.82 Å². The van der Waals surface area contributed by atoms with E-state index in [0.717, 1.165) is 12.1 Å². The molecule has 3 rings (SSSR count). The summed E-state index contributed by atoms with van der Waals surface area (Å²) in [4.78, 5) is 18.2. The minimum atomic E-state index is -2.57. The summed E-state index contributed by atoms with van der Waals surface area (Å²) < 4.78 is 49.7. The Hall–Kier alpha value is -2.44. The molecule has 0 atom stereocenters. The Kier molecular flexibility index (Phi) is 3.64. The lowest BCUT2D eigenvalue weighted by molar-refractivity contribution is 0.290. The molecule has 0 saturated carbocycles. The molecule has 1 aromatic heterocycles. The fourth-order valence-corrected chi connectivity index (χ4v) is 3.33. The van der Waals surface area contributed by atoms with E-state index in [1.807, 2.05) is 32.6 Å². The van der Waals surface area contributed by atoms with Crippen molar-refractivity contribution in [2.24, 2.45) is 0 Å². The quantitative estimate of drug-likeness (QED) is 0.849. The second-order valence-corrected chi connectivity index (χ2v) is 6.96. The van der Waals surface area contributed by atoms with Gasteiger partial charge in [-0.1, -0.05) is 0 Å². The molecule has 0 fully saturated rings. The maximum atomic E-state index is 13.4. The minimum absolute atomic E-state index is 0.0810. The molecule has 0 bridgehead atoms. The molecule has 134 valence electrons. The lowest BCUT2D eigenvalue weighted by Crippen LogP contribution is -2.45. The third-order valence-electron chi connectivity index (χ3n) is 4.06. The van der Waals surface area contributed by atoms with Gasteiger partial charge < -0.3 is 9.64 Å². The molecule has 1 aromatic carbocycles. The maximum absolute atomic E-state index is 13.4. The van der Waals surface area contributed by atoms with Crippen molar-refractivity contribution in [1.82, 2.24) is 9.55 Å². The van der Waals surface area contributed by atoms with Gasteiger partial charge in [0.15, 0.2) is 0 Å². The standard InChI is InChI=1S/C18H21F2N3O2/c1-11(2)23-16-8-15(21-17(24)22(16)10-18(23,3)4)25-9-12-5-13(19)7-14(20)6-12/h5-8,11H,9-10H2,1-4H3/i9D2. The molecule has 5 nitrogen and oxygen atoms in total. The summed E-state index contributed by atoms with van der Waals surface area (Å²) in [6, 6.07) is 3.88. The number of fused-ring (bicyclic) bond motifs is 1. The van der Waals surface area contributed by atoms with Crippen LogP contribution >= 0.6 is 0 Å². The number of hydrogen-bond acceptors (Lipinski definition) is 4. The van der Waals surface area contributed by atoms with Crippen LogP contribution in [0.3, 0.4) is 0 Å². The van der Waals surface area contributed by atoms with Gasteiger partial charge in [-0.25, -0.2) is 13.6 Å². The first kappa shape index (κ1) is 14.9. The number of hydrogen-bond donors (Lipinski definition) is 0. The molecule has 0 aliphatic carbocycles. The maximum Gasteiger partial charge on any atom is 0.352 e. The summed E-state index contributed by atoms with van der Waals surface area (Å²) in [5, 5.41) is 0. The van der Waals surface area contributed by atoms with Crippen LogP contribution in [0.25, 0.3) is 0 Å². The van der Waals surface area contributed by atoms with Gasteiger partial charge in [0.05, 0.1) is 14.8 Å². The highest BCUT2D eigenvalue weighted by molar-refractivity contribution is 5.49. The average Bonchev–Trinajstić information content (AvgIpc) is 2.76. The van der Waals surface area contributed by atoms with Gasteiger partial charge in [-0.05, 0) is 45.4 Å². The van der Waals surface area contributed by atoms with Gasteiger partial charge in [-0.3, -0.25) is 4.57 Å². The van der Waals surface area contributed by atoms with E-state index in [-0.39, 0.29) is 23.0 Å². The third-order valence-corrected chi connectivity index (χ3v) is 4.06. The van der Waals surface area contributed by atoms with E-state index in [0.29, 0.717) is 18.4 Å². The number of halogens is 2. The second kappa shape index (κ2) is 6.13. The summed E-state index contributed by atoms with van der Waals surface area (Å²) in [5.41, 5.74) is -1.24. The lowest BCUT2D eigenvalue weighted by Gasteiger charge is -2.36. The smallest absolute Gasteiger partial charge is 0.352 e. The van der Waals surface area contributed by atoms with Crippen LogP contribution in [0, 0.1) is 11.6 Å². The molecule has 0 saturated heterocycles. The Morgan fingerprint density at radius 2 is 1.92 bits per heavy atom. The van der Waals surface area contributed by atoms with E-state index in [2.05, 4.69) is 4.98 Å². The number of ether oxygens (including phenoxy) is 1. The van der Waals surface area contributed by atoms with Gasteiger partial charge in [0.1, 0.15) is 24.0 Å². The highest BCUT2D eigenvalue weighted by Gasteiger charge is 2.38. The van der Waals surface area contributed by atoms with Crippen molar-refractivity contribution in [2.45, 2.75) is 52.4 Å². The van der Waals surface area contributed by atoms with E-state index >= 15 is 0 Å². The third kappa shape index (κ3) is 3.36. The molecular weight excluding hydrogens is 328 g/mol. The van der Waals surface area contributed by atoms with E-state index in [9.17, 15) is 13.6 Å². The molecule has 1 aliphatic rings. The van der Waals surface area contributed by atoms with Crippen LogP contribution in [-0.4, -0.2) is 21.1 Å². The van der Waals surface area contributed by atoms with Crippen molar-refractivity contribution in [2.75, 3.05) is 4.90 Å². The van der Waals surface area contributed by atoms with Crippen molar-refractivity contribution < 1.29 is 16.3 Å². The Morgan fingerprint density at radius 3 is 2.52 bits per heavy atom. The van der Waals surface area contributed by atoms with E-state index in [1.165, 1.54) is 10.6 Å². The molecule has 7 heteroatoms. The largest absolute Gasteiger partial charge is 0.473 e. The zero-order valence-electron chi connectivity index (χ0n) is 16.5. The molecule has 2 heterocycles. The monoisotopic (exact) mass is 351 g/mol. The van der Waals surface area contributed by atoms with Crippen LogP contribution < -0.4 is 15.3 Å². The minimum Gasteiger partial charge on any atom is -0.473 e. The molecule has 0 unspecified atom stereocenters. The molecule has 0 radical (unpaired) electrons. The number of aromatic nitrogens is 2. The zero-order chi connectivity index (χ0) is 20.1. The van der Waals surface area contributed by atoms with Gasteiger partial charge >= 0.3 is 5.69 Å². The second-order valence-electron chi connectivity index (χ2n) is 6.96. The Labute approximate surface area is 147 Å². The van der Waals surface area contributed by atoms with Gasteiger partial charge in [0.2, 0.25) is 5.88 Å². The summed E-state index contributed by atoms with van der Waals surface area (Å²) in [6.45, 7) is 5.82. The normalized spacial score (nSPS) is 17.3. The Morgan fingerprint density at radius 1 is 1.28 bits per heavy atom. The molecule has 1 aliphatic heterocycles. The topological polar surface area (TPSA) is 47.4 Å². The summed E-state index contributed by atoms with van der Waals surface area (Å²) in [6.07, 6.45) is 0. The van der Waals surface area contributed by atoms with E-state index < -0.39 is 23.9 Å². The fraction of sp³-hybridized carbons (Fsp3) is 0.444. The molecule has 2 aromatic rings. The van der Waals surface area contributed by atoms with Crippen LogP contribution in [-0.2, 0) is 13.1 Å². The summed E-state index contributed by atoms with van der Waals surface area (Å²) in [5.74, 6) is -1.53. The zero-order valence-corrected chi connectivity index (χ0v) is 14.5. The first-order valence-electron chi connectivity index (χ1n) is 8.97. The average molecular weight is 351 g/mol. The van der Waals surface area contributed by atoms with Crippen molar-refractivity contribution in [3.63, 3.8) is 0 Å². The van der Waals surface area contributed by atoms with Gasteiger partial charge in [0, 0.05) is 18.2 Å².